The van der Waals surface area contributed by atoms with Gasteiger partial charge in [-0.2, -0.15) is 11.8 Å². The molecule has 176 valence electrons. The highest BCUT2D eigenvalue weighted by molar-refractivity contribution is 7.99. The molecule has 0 aliphatic heterocycles. The molecule has 0 unspecified atom stereocenters. The molecule has 0 spiro atoms. The first-order valence-corrected chi connectivity index (χ1v) is 22.7. The zero-order valence-electron chi connectivity index (χ0n) is 19.8. The molecule has 0 rings (SSSR count). The van der Waals surface area contributed by atoms with E-state index in [4.69, 9.17) is 26.6 Å². The summed E-state index contributed by atoms with van der Waals surface area (Å²) in [5.41, 5.74) is 0. The zero-order valence-corrected chi connectivity index (χ0v) is 25.4. The highest BCUT2D eigenvalue weighted by Crippen LogP contribution is 2.16. The van der Waals surface area contributed by atoms with E-state index in [-0.39, 0.29) is 0 Å². The summed E-state index contributed by atoms with van der Waals surface area (Å²) in [6.07, 6.45) is 2.48. The first-order valence-electron chi connectivity index (χ1n) is 11.5. The lowest BCUT2D eigenvalue weighted by Crippen LogP contribution is -2.52. The van der Waals surface area contributed by atoms with Gasteiger partial charge in [0.05, 0.1) is 0 Å². The van der Waals surface area contributed by atoms with Crippen molar-refractivity contribution in [2.45, 2.75) is 66.5 Å². The molecular formula is C18H46O6SSi4. The minimum absolute atomic E-state index is 0.473. The molecule has 11 heteroatoms. The Morgan fingerprint density at radius 3 is 1.03 bits per heavy atom. The maximum Gasteiger partial charge on any atom is 0.462 e. The third-order valence-electron chi connectivity index (χ3n) is 4.23. The first-order chi connectivity index (χ1) is 14.1. The van der Waals surface area contributed by atoms with Gasteiger partial charge in [-0.3, -0.25) is 0 Å². The normalized spacial score (nSPS) is 13.4. The summed E-state index contributed by atoms with van der Waals surface area (Å²) < 4.78 is 35.9. The molecule has 0 aromatic heterocycles. The molecule has 0 saturated heterocycles. The summed E-state index contributed by atoms with van der Waals surface area (Å²) >= 11 is 2.06. The van der Waals surface area contributed by atoms with Crippen molar-refractivity contribution in [1.29, 1.82) is 0 Å². The molecule has 0 N–H and O–H groups in total. The van der Waals surface area contributed by atoms with E-state index in [2.05, 4.69) is 11.8 Å². The SMILES string of the molecule is CCO[Si](OCC)(OCC)[SiH2]CCCSCCC[SiH2][Si](OCC)(OCC)OCC. The van der Waals surface area contributed by atoms with Crippen LogP contribution in [0.4, 0.5) is 0 Å². The van der Waals surface area contributed by atoms with Gasteiger partial charge in [0.2, 0.25) is 0 Å². The van der Waals surface area contributed by atoms with E-state index in [1.807, 2.05) is 41.5 Å². The van der Waals surface area contributed by atoms with Crippen LogP contribution in [0.3, 0.4) is 0 Å². The maximum atomic E-state index is 5.98. The molecule has 0 aliphatic carbocycles. The Hall–Kier alpha value is 0.978. The molecule has 0 bridgehead atoms. The van der Waals surface area contributed by atoms with Gasteiger partial charge in [0, 0.05) is 39.6 Å². The Balaban J connectivity index is 4.05. The van der Waals surface area contributed by atoms with Gasteiger partial charge in [-0.05, 0) is 65.9 Å². The van der Waals surface area contributed by atoms with E-state index in [0.717, 1.165) is 0 Å². The van der Waals surface area contributed by atoms with Gasteiger partial charge >= 0.3 is 16.6 Å². The largest absolute Gasteiger partial charge is 0.462 e. The third-order valence-corrected chi connectivity index (χ3v) is 22.2. The fourth-order valence-corrected chi connectivity index (χ4v) is 21.2. The Morgan fingerprint density at radius 1 is 0.517 bits per heavy atom. The molecular weight excluding hydrogens is 457 g/mol. The lowest BCUT2D eigenvalue weighted by atomic mass is 10.6. The highest BCUT2D eigenvalue weighted by Gasteiger charge is 2.39. The predicted octanol–water partition coefficient (Wildman–Crippen LogP) is 2.76. The van der Waals surface area contributed by atoms with Crippen LogP contribution in [0.1, 0.15) is 54.4 Å². The van der Waals surface area contributed by atoms with E-state index < -0.39 is 34.7 Å². The van der Waals surface area contributed by atoms with Crippen LogP contribution in [0.15, 0.2) is 0 Å². The quantitative estimate of drug-likeness (QED) is 0.167. The summed E-state index contributed by atoms with van der Waals surface area (Å²) in [5.74, 6) is 2.43. The van der Waals surface area contributed by atoms with Crippen molar-refractivity contribution < 1.29 is 26.6 Å². The molecule has 0 aromatic carbocycles. The lowest BCUT2D eigenvalue weighted by molar-refractivity contribution is 0.0921. The number of hydrogen-bond donors (Lipinski definition) is 0. The molecule has 0 fully saturated rings. The summed E-state index contributed by atoms with van der Waals surface area (Å²) in [5, 5.41) is 0. The van der Waals surface area contributed by atoms with E-state index in [9.17, 15) is 0 Å². The maximum absolute atomic E-state index is 5.98. The topological polar surface area (TPSA) is 55.4 Å². The van der Waals surface area contributed by atoms with Gasteiger partial charge in [-0.25, -0.2) is 0 Å². The average molecular weight is 503 g/mol. The van der Waals surface area contributed by atoms with E-state index >= 15 is 0 Å². The van der Waals surface area contributed by atoms with Crippen molar-refractivity contribution in [2.24, 2.45) is 0 Å². The molecule has 0 heterocycles. The van der Waals surface area contributed by atoms with Crippen LogP contribution in [0, 0.1) is 0 Å². The van der Waals surface area contributed by atoms with Crippen molar-refractivity contribution in [2.75, 3.05) is 51.1 Å². The summed E-state index contributed by atoms with van der Waals surface area (Å²) in [7, 11) is -5.59. The van der Waals surface area contributed by atoms with Crippen molar-refractivity contribution in [1.82, 2.24) is 0 Å². The Labute approximate surface area is 190 Å². The zero-order chi connectivity index (χ0) is 21.8. The number of thioether (sulfide) groups is 1. The predicted molar refractivity (Wildman–Crippen MR) is 135 cm³/mol. The molecule has 0 amide bonds. The summed E-state index contributed by atoms with van der Waals surface area (Å²) in [6.45, 7) is 16.3. The standard InChI is InChI=1S/C18H46O6SSi4/c1-7-19-28(20-8-2,21-9-3)26-17-13-15-25-16-14-18-27-29(22-10-4,23-11-5)24-12-6/h7-18,26-27H2,1-6H3. The van der Waals surface area contributed by atoms with Crippen LogP contribution in [0.25, 0.3) is 0 Å². The summed E-state index contributed by atoms with van der Waals surface area (Å²) in [4.78, 5) is 0. The van der Waals surface area contributed by atoms with E-state index in [1.165, 1.54) is 36.4 Å². The van der Waals surface area contributed by atoms with Crippen molar-refractivity contribution >= 4 is 46.5 Å². The van der Waals surface area contributed by atoms with Crippen molar-refractivity contribution in [3.05, 3.63) is 0 Å². The van der Waals surface area contributed by atoms with Crippen LogP contribution in [0.5, 0.6) is 0 Å². The average Bonchev–Trinajstić information content (AvgIpc) is 2.68. The second-order valence-corrected chi connectivity index (χ2v) is 22.8. The monoisotopic (exact) mass is 502 g/mol. The Morgan fingerprint density at radius 2 is 0.793 bits per heavy atom. The van der Waals surface area contributed by atoms with E-state index in [0.29, 0.717) is 39.6 Å². The molecule has 6 nitrogen and oxygen atoms in total. The van der Waals surface area contributed by atoms with Crippen LogP contribution < -0.4 is 0 Å². The van der Waals surface area contributed by atoms with Crippen LogP contribution in [-0.2, 0) is 26.6 Å². The van der Waals surface area contributed by atoms with Crippen molar-refractivity contribution in [3.63, 3.8) is 0 Å². The molecule has 0 aliphatic rings. The summed E-state index contributed by atoms with van der Waals surface area (Å²) in [6, 6.07) is 2.48. The van der Waals surface area contributed by atoms with Gasteiger partial charge in [0.25, 0.3) is 0 Å². The molecule has 0 saturated carbocycles. The first kappa shape index (κ1) is 30.0. The fourth-order valence-electron chi connectivity index (χ4n) is 3.20. The second-order valence-electron chi connectivity index (χ2n) is 6.49. The van der Waals surface area contributed by atoms with Crippen LogP contribution >= 0.6 is 11.8 Å². The van der Waals surface area contributed by atoms with Gasteiger partial charge in [-0.1, -0.05) is 12.1 Å². The molecule has 0 radical (unpaired) electrons. The molecule has 0 aromatic rings. The van der Waals surface area contributed by atoms with Gasteiger partial charge < -0.3 is 26.6 Å². The molecule has 0 atom stereocenters. The highest BCUT2D eigenvalue weighted by atomic mass is 32.2. The van der Waals surface area contributed by atoms with Gasteiger partial charge in [0.15, 0.2) is 0 Å². The minimum atomic E-state index is -2.32. The van der Waals surface area contributed by atoms with Crippen molar-refractivity contribution in [3.8, 4) is 0 Å². The minimum Gasteiger partial charge on any atom is -0.377 e. The second kappa shape index (κ2) is 19.6. The number of rotatable bonds is 22. The molecule has 29 heavy (non-hydrogen) atoms. The van der Waals surface area contributed by atoms with E-state index in [1.54, 1.807) is 0 Å². The fraction of sp³-hybridized carbons (Fsp3) is 1.00. The lowest BCUT2D eigenvalue weighted by Gasteiger charge is -2.28. The number of hydrogen-bond acceptors (Lipinski definition) is 7. The van der Waals surface area contributed by atoms with Gasteiger partial charge in [0.1, 0.15) is 18.1 Å². The Bertz CT molecular complexity index is 305. The third kappa shape index (κ3) is 13.9. The smallest absolute Gasteiger partial charge is 0.377 e. The van der Waals surface area contributed by atoms with Crippen LogP contribution in [-0.4, -0.2) is 85.9 Å². The van der Waals surface area contributed by atoms with Crippen LogP contribution in [0.2, 0.25) is 12.1 Å². The Kier molecular flexibility index (Phi) is 20.3. The van der Waals surface area contributed by atoms with Gasteiger partial charge in [-0.15, -0.1) is 0 Å².